The van der Waals surface area contributed by atoms with Crippen molar-refractivity contribution < 1.29 is 19.4 Å². The highest BCUT2D eigenvalue weighted by Gasteiger charge is 2.50. The molecule has 0 aromatic heterocycles. The van der Waals surface area contributed by atoms with Crippen LogP contribution in [0, 0.1) is 0 Å². The van der Waals surface area contributed by atoms with Crippen LogP contribution in [-0.2, 0) is 14.3 Å². The molecule has 0 radical (unpaired) electrons. The Morgan fingerprint density at radius 3 is 3.00 bits per heavy atom. The fourth-order valence-electron chi connectivity index (χ4n) is 1.75. The molecular weight excluding hydrogens is 172 g/mol. The first kappa shape index (κ1) is 8.72. The Hall–Kier alpha value is -0.870. The van der Waals surface area contributed by atoms with Crippen molar-refractivity contribution in [2.24, 2.45) is 0 Å². The van der Waals surface area contributed by atoms with Crippen LogP contribution in [0.5, 0.6) is 0 Å². The highest BCUT2D eigenvalue weighted by molar-refractivity contribution is 5.90. The molecule has 0 amide bonds. The Balaban J connectivity index is 2.25. The highest BCUT2D eigenvalue weighted by Crippen LogP contribution is 2.40. The summed E-state index contributed by atoms with van der Waals surface area (Å²) >= 11 is 0. The van der Waals surface area contributed by atoms with Crippen LogP contribution in [0.2, 0.25) is 0 Å². The summed E-state index contributed by atoms with van der Waals surface area (Å²) in [5.41, 5.74) is 1.25. The number of aliphatic hydroxyl groups is 1. The van der Waals surface area contributed by atoms with Gasteiger partial charge in [0.2, 0.25) is 0 Å². The van der Waals surface area contributed by atoms with Crippen molar-refractivity contribution in [3.63, 3.8) is 0 Å². The summed E-state index contributed by atoms with van der Waals surface area (Å²) < 4.78 is 9.80. The van der Waals surface area contributed by atoms with Crippen molar-refractivity contribution in [1.29, 1.82) is 0 Å². The van der Waals surface area contributed by atoms with Crippen LogP contribution >= 0.6 is 0 Å². The van der Waals surface area contributed by atoms with Gasteiger partial charge in [-0.05, 0) is 12.5 Å². The molecule has 1 heterocycles. The van der Waals surface area contributed by atoms with Gasteiger partial charge in [-0.3, -0.25) is 0 Å². The molecule has 1 saturated heterocycles. The normalized spacial score (nSPS) is 37.0. The molecule has 4 nitrogen and oxygen atoms in total. The van der Waals surface area contributed by atoms with E-state index in [1.807, 2.05) is 0 Å². The van der Waals surface area contributed by atoms with Crippen LogP contribution in [0.1, 0.15) is 13.3 Å². The Kier molecular flexibility index (Phi) is 1.89. The van der Waals surface area contributed by atoms with E-state index in [1.165, 1.54) is 7.11 Å². The summed E-state index contributed by atoms with van der Waals surface area (Å²) in [6.45, 7) is 1.74. The number of carbonyl (C=O) groups is 1. The third-order valence-electron chi connectivity index (χ3n) is 2.69. The van der Waals surface area contributed by atoms with Crippen LogP contribution in [-0.4, -0.2) is 36.5 Å². The van der Waals surface area contributed by atoms with Gasteiger partial charge in [-0.2, -0.15) is 0 Å². The molecule has 0 aromatic carbocycles. The number of hydrogen-bond donors (Lipinski definition) is 1. The molecule has 1 fully saturated rings. The number of methoxy groups -OCH3 is 1. The maximum absolute atomic E-state index is 11.2. The molecule has 72 valence electrons. The Morgan fingerprint density at radius 2 is 2.38 bits per heavy atom. The van der Waals surface area contributed by atoms with E-state index in [1.54, 1.807) is 6.92 Å². The number of rotatable bonds is 1. The predicted molar refractivity (Wildman–Crippen MR) is 44.0 cm³/mol. The quantitative estimate of drug-likeness (QED) is 0.460. The zero-order valence-corrected chi connectivity index (χ0v) is 7.61. The average Bonchev–Trinajstić information content (AvgIpc) is 2.89. The lowest BCUT2D eigenvalue weighted by atomic mass is 9.90. The molecule has 13 heavy (non-hydrogen) atoms. The minimum atomic E-state index is -0.632. The van der Waals surface area contributed by atoms with Crippen LogP contribution in [0.3, 0.4) is 0 Å². The Bertz CT molecular complexity index is 281. The van der Waals surface area contributed by atoms with E-state index in [9.17, 15) is 9.90 Å². The van der Waals surface area contributed by atoms with Crippen LogP contribution in [0.25, 0.3) is 0 Å². The molecular formula is C9H12O4. The van der Waals surface area contributed by atoms with Gasteiger partial charge in [0.1, 0.15) is 12.2 Å². The summed E-state index contributed by atoms with van der Waals surface area (Å²) in [6.07, 6.45) is -0.130. The first-order valence-corrected chi connectivity index (χ1v) is 4.26. The minimum Gasteiger partial charge on any atom is -0.466 e. The largest absolute Gasteiger partial charge is 0.466 e. The summed E-state index contributed by atoms with van der Waals surface area (Å²) in [4.78, 5) is 11.2. The minimum absolute atomic E-state index is 0.0211. The van der Waals surface area contributed by atoms with Gasteiger partial charge in [0.05, 0.1) is 13.2 Å². The topological polar surface area (TPSA) is 59.1 Å². The number of aliphatic hydroxyl groups excluding tert-OH is 1. The second-order valence-corrected chi connectivity index (χ2v) is 3.44. The smallest absolute Gasteiger partial charge is 0.333 e. The number of esters is 1. The highest BCUT2D eigenvalue weighted by atomic mass is 16.6. The van der Waals surface area contributed by atoms with Gasteiger partial charge < -0.3 is 14.6 Å². The van der Waals surface area contributed by atoms with Gasteiger partial charge in [0.15, 0.2) is 0 Å². The fraction of sp³-hybridized carbons (Fsp3) is 0.667. The molecule has 1 N–H and O–H groups in total. The molecule has 0 saturated carbocycles. The fourth-order valence-corrected chi connectivity index (χ4v) is 1.75. The Labute approximate surface area is 76.1 Å². The lowest BCUT2D eigenvalue weighted by Gasteiger charge is -2.17. The molecule has 2 rings (SSSR count). The SMILES string of the molecule is COC(=O)C1=C(C)[C@@H](O)[C@H]2O[C@H]2C1. The first-order valence-electron chi connectivity index (χ1n) is 4.26. The van der Waals surface area contributed by atoms with Crippen molar-refractivity contribution in [2.45, 2.75) is 31.7 Å². The zero-order chi connectivity index (χ0) is 9.59. The molecule has 0 spiro atoms. The van der Waals surface area contributed by atoms with Crippen molar-refractivity contribution in [1.82, 2.24) is 0 Å². The van der Waals surface area contributed by atoms with Crippen LogP contribution in [0.15, 0.2) is 11.1 Å². The number of carbonyl (C=O) groups excluding carboxylic acids is 1. The number of hydrogen-bond acceptors (Lipinski definition) is 4. The van der Waals surface area contributed by atoms with E-state index in [4.69, 9.17) is 4.74 Å². The third kappa shape index (κ3) is 1.26. The number of ether oxygens (including phenoxy) is 2. The molecule has 0 bridgehead atoms. The molecule has 0 unspecified atom stereocenters. The third-order valence-corrected chi connectivity index (χ3v) is 2.69. The first-order chi connectivity index (χ1) is 6.15. The van der Waals surface area contributed by atoms with Crippen molar-refractivity contribution in [3.8, 4) is 0 Å². The standard InChI is InChI=1S/C9H12O4/c1-4-5(9(11)12-2)3-6-8(13-6)7(4)10/h6-8,10H,3H2,1-2H3/t6-,7+,8-/m0/s1. The van der Waals surface area contributed by atoms with E-state index in [0.29, 0.717) is 17.6 Å². The van der Waals surface area contributed by atoms with E-state index in [-0.39, 0.29) is 18.2 Å². The van der Waals surface area contributed by atoms with Crippen molar-refractivity contribution >= 4 is 5.97 Å². The maximum atomic E-state index is 11.2. The van der Waals surface area contributed by atoms with Gasteiger partial charge in [-0.25, -0.2) is 4.79 Å². The van der Waals surface area contributed by atoms with E-state index < -0.39 is 6.10 Å². The predicted octanol–water partition coefficient (Wildman–Crippen LogP) is 0.00790. The van der Waals surface area contributed by atoms with Gasteiger partial charge >= 0.3 is 5.97 Å². The summed E-state index contributed by atoms with van der Waals surface area (Å²) in [5.74, 6) is -0.356. The van der Waals surface area contributed by atoms with Gasteiger partial charge in [0, 0.05) is 12.0 Å². The molecule has 0 aromatic rings. The zero-order valence-electron chi connectivity index (χ0n) is 7.61. The average molecular weight is 184 g/mol. The lowest BCUT2D eigenvalue weighted by Crippen LogP contribution is -2.27. The van der Waals surface area contributed by atoms with Crippen LogP contribution in [0.4, 0.5) is 0 Å². The summed E-state index contributed by atoms with van der Waals surface area (Å²) in [7, 11) is 1.34. The second kappa shape index (κ2) is 2.82. The van der Waals surface area contributed by atoms with E-state index >= 15 is 0 Å². The monoisotopic (exact) mass is 184 g/mol. The molecule has 2 aliphatic rings. The number of fused-ring (bicyclic) bond motifs is 1. The Morgan fingerprint density at radius 1 is 1.69 bits per heavy atom. The molecule has 4 heteroatoms. The summed E-state index contributed by atoms with van der Waals surface area (Å²) in [6, 6.07) is 0. The summed E-state index contributed by atoms with van der Waals surface area (Å²) in [5, 5.41) is 9.61. The van der Waals surface area contributed by atoms with E-state index in [2.05, 4.69) is 4.74 Å². The van der Waals surface area contributed by atoms with Crippen molar-refractivity contribution in [2.75, 3.05) is 7.11 Å². The van der Waals surface area contributed by atoms with Gasteiger partial charge in [-0.15, -0.1) is 0 Å². The molecule has 3 atom stereocenters. The van der Waals surface area contributed by atoms with Gasteiger partial charge in [0.25, 0.3) is 0 Å². The van der Waals surface area contributed by atoms with Crippen LogP contribution < -0.4 is 0 Å². The number of epoxide rings is 1. The molecule has 1 aliphatic heterocycles. The maximum Gasteiger partial charge on any atom is 0.333 e. The van der Waals surface area contributed by atoms with Crippen molar-refractivity contribution in [3.05, 3.63) is 11.1 Å². The second-order valence-electron chi connectivity index (χ2n) is 3.44. The molecule has 1 aliphatic carbocycles. The van der Waals surface area contributed by atoms with E-state index in [0.717, 1.165) is 0 Å². The lowest BCUT2D eigenvalue weighted by molar-refractivity contribution is -0.136. The van der Waals surface area contributed by atoms with Gasteiger partial charge in [-0.1, -0.05) is 0 Å².